The average Bonchev–Trinajstić information content (AvgIpc) is 2.45. The molecule has 0 atom stereocenters. The number of benzene rings is 1. The maximum Gasteiger partial charge on any atom is 0.214 e. The van der Waals surface area contributed by atoms with E-state index in [1.165, 1.54) is 4.68 Å². The topological polar surface area (TPSA) is 38.0 Å². The number of hydrogen-bond acceptors (Lipinski definition) is 2. The van der Waals surface area contributed by atoms with Gasteiger partial charge in [-0.15, -0.1) is 0 Å². The number of hydrogen-bond donors (Lipinski definition) is 1. The van der Waals surface area contributed by atoms with Gasteiger partial charge in [0.05, 0.1) is 16.4 Å². The second-order valence-corrected chi connectivity index (χ2v) is 4.00. The van der Waals surface area contributed by atoms with Crippen molar-refractivity contribution in [3.8, 4) is 11.6 Å². The van der Waals surface area contributed by atoms with E-state index < -0.39 is 0 Å². The molecule has 0 aliphatic carbocycles. The largest absolute Gasteiger partial charge is 0.493 e. The van der Waals surface area contributed by atoms with Crippen LogP contribution in [0.1, 0.15) is 5.69 Å². The Bertz CT molecular complexity index is 508. The van der Waals surface area contributed by atoms with Gasteiger partial charge in [-0.05, 0) is 25.1 Å². The molecule has 0 radical (unpaired) electrons. The van der Waals surface area contributed by atoms with Crippen molar-refractivity contribution < 1.29 is 5.11 Å². The van der Waals surface area contributed by atoms with Gasteiger partial charge >= 0.3 is 0 Å². The van der Waals surface area contributed by atoms with Gasteiger partial charge in [-0.3, -0.25) is 0 Å². The van der Waals surface area contributed by atoms with E-state index in [1.54, 1.807) is 31.2 Å². The van der Waals surface area contributed by atoms with E-state index in [9.17, 15) is 5.11 Å². The van der Waals surface area contributed by atoms with Gasteiger partial charge in [0.15, 0.2) is 0 Å². The molecule has 0 aliphatic rings. The SMILES string of the molecule is Cc1cc(O)n(-c2ccc(Cl)cc2Cl)n1. The van der Waals surface area contributed by atoms with Gasteiger partial charge in [-0.25, -0.2) is 0 Å². The van der Waals surface area contributed by atoms with Crippen molar-refractivity contribution in [3.63, 3.8) is 0 Å². The molecule has 0 unspecified atom stereocenters. The molecule has 1 N–H and O–H groups in total. The summed E-state index contributed by atoms with van der Waals surface area (Å²) in [5.41, 5.74) is 1.32. The second kappa shape index (κ2) is 3.76. The highest BCUT2D eigenvalue weighted by atomic mass is 35.5. The lowest BCUT2D eigenvalue weighted by Crippen LogP contribution is -1.96. The Kier molecular flexibility index (Phi) is 2.59. The van der Waals surface area contributed by atoms with Gasteiger partial charge in [0.1, 0.15) is 0 Å². The van der Waals surface area contributed by atoms with Crippen LogP contribution in [-0.4, -0.2) is 14.9 Å². The van der Waals surface area contributed by atoms with E-state index in [1.807, 2.05) is 0 Å². The molecule has 2 rings (SSSR count). The Hall–Kier alpha value is -1.19. The Morgan fingerprint density at radius 2 is 2.00 bits per heavy atom. The summed E-state index contributed by atoms with van der Waals surface area (Å²) in [4.78, 5) is 0. The summed E-state index contributed by atoms with van der Waals surface area (Å²) >= 11 is 11.8. The first-order valence-electron chi connectivity index (χ1n) is 4.29. The molecule has 0 saturated heterocycles. The predicted molar refractivity (Wildman–Crippen MR) is 60.0 cm³/mol. The maximum absolute atomic E-state index is 9.59. The molecular formula is C10H8Cl2N2O. The summed E-state index contributed by atoms with van der Waals surface area (Å²) in [5.74, 6) is 0.0525. The third-order valence-electron chi connectivity index (χ3n) is 1.95. The first-order chi connectivity index (χ1) is 7.08. The first-order valence-corrected chi connectivity index (χ1v) is 5.04. The first kappa shape index (κ1) is 10.3. The summed E-state index contributed by atoms with van der Waals surface area (Å²) in [5, 5.41) is 14.7. The third-order valence-corrected chi connectivity index (χ3v) is 2.49. The Morgan fingerprint density at radius 1 is 1.27 bits per heavy atom. The molecule has 1 aromatic carbocycles. The minimum absolute atomic E-state index is 0.0525. The number of aromatic nitrogens is 2. The van der Waals surface area contributed by atoms with E-state index in [0.29, 0.717) is 15.7 Å². The Labute approximate surface area is 96.9 Å². The van der Waals surface area contributed by atoms with E-state index in [0.717, 1.165) is 5.69 Å². The molecule has 5 heteroatoms. The van der Waals surface area contributed by atoms with E-state index >= 15 is 0 Å². The lowest BCUT2D eigenvalue weighted by atomic mass is 10.3. The van der Waals surface area contributed by atoms with Gasteiger partial charge in [0.2, 0.25) is 5.88 Å². The highest BCUT2D eigenvalue weighted by Gasteiger charge is 2.09. The smallest absolute Gasteiger partial charge is 0.214 e. The van der Waals surface area contributed by atoms with Gasteiger partial charge in [0.25, 0.3) is 0 Å². The molecular weight excluding hydrogens is 235 g/mol. The fourth-order valence-corrected chi connectivity index (χ4v) is 1.80. The van der Waals surface area contributed by atoms with Gasteiger partial charge in [-0.2, -0.15) is 9.78 Å². The maximum atomic E-state index is 9.59. The van der Waals surface area contributed by atoms with Crippen LogP contribution in [0.5, 0.6) is 5.88 Å². The zero-order valence-electron chi connectivity index (χ0n) is 7.91. The van der Waals surface area contributed by atoms with Crippen LogP contribution in [0.4, 0.5) is 0 Å². The standard InChI is InChI=1S/C10H8Cl2N2O/c1-6-4-10(15)14(13-6)9-3-2-7(11)5-8(9)12/h2-5,15H,1H3. The predicted octanol–water partition coefficient (Wildman–Crippen LogP) is 3.19. The van der Waals surface area contributed by atoms with Gasteiger partial charge < -0.3 is 5.11 Å². The molecule has 0 bridgehead atoms. The molecule has 0 amide bonds. The number of aromatic hydroxyl groups is 1. The zero-order chi connectivity index (χ0) is 11.0. The molecule has 1 heterocycles. The summed E-state index contributed by atoms with van der Waals surface area (Å²) in [6, 6.07) is 6.57. The van der Waals surface area contributed by atoms with Crippen LogP contribution < -0.4 is 0 Å². The summed E-state index contributed by atoms with van der Waals surface area (Å²) < 4.78 is 1.37. The van der Waals surface area contributed by atoms with Crippen molar-refractivity contribution in [1.29, 1.82) is 0 Å². The van der Waals surface area contributed by atoms with E-state index in [-0.39, 0.29) is 5.88 Å². The van der Waals surface area contributed by atoms with E-state index in [4.69, 9.17) is 23.2 Å². The fourth-order valence-electron chi connectivity index (χ4n) is 1.32. The van der Waals surface area contributed by atoms with Crippen molar-refractivity contribution in [2.75, 3.05) is 0 Å². The van der Waals surface area contributed by atoms with Crippen LogP contribution in [0, 0.1) is 6.92 Å². The van der Waals surface area contributed by atoms with Gasteiger partial charge in [0, 0.05) is 11.1 Å². The number of rotatable bonds is 1. The fraction of sp³-hybridized carbons (Fsp3) is 0.100. The molecule has 15 heavy (non-hydrogen) atoms. The molecule has 0 aliphatic heterocycles. The van der Waals surface area contributed by atoms with Crippen molar-refractivity contribution in [1.82, 2.24) is 9.78 Å². The van der Waals surface area contributed by atoms with Crippen molar-refractivity contribution in [2.24, 2.45) is 0 Å². The molecule has 3 nitrogen and oxygen atoms in total. The minimum atomic E-state index is 0.0525. The van der Waals surface area contributed by atoms with Crippen LogP contribution in [0.2, 0.25) is 10.0 Å². The normalized spacial score (nSPS) is 10.6. The molecule has 0 fully saturated rings. The monoisotopic (exact) mass is 242 g/mol. The Balaban J connectivity index is 2.59. The highest BCUT2D eigenvalue weighted by Crippen LogP contribution is 2.27. The number of halogens is 2. The molecule has 2 aromatic rings. The van der Waals surface area contributed by atoms with Crippen LogP contribution >= 0.6 is 23.2 Å². The summed E-state index contributed by atoms with van der Waals surface area (Å²) in [6.45, 7) is 1.79. The molecule has 0 spiro atoms. The third kappa shape index (κ3) is 1.94. The van der Waals surface area contributed by atoms with Crippen molar-refractivity contribution in [2.45, 2.75) is 6.92 Å². The minimum Gasteiger partial charge on any atom is -0.493 e. The number of aryl methyl sites for hydroxylation is 1. The second-order valence-electron chi connectivity index (χ2n) is 3.15. The summed E-state index contributed by atoms with van der Waals surface area (Å²) in [7, 11) is 0. The van der Waals surface area contributed by atoms with Crippen LogP contribution in [0.15, 0.2) is 24.3 Å². The lowest BCUT2D eigenvalue weighted by Gasteiger charge is -2.05. The quantitative estimate of drug-likeness (QED) is 0.835. The van der Waals surface area contributed by atoms with Crippen LogP contribution in [0.3, 0.4) is 0 Å². The van der Waals surface area contributed by atoms with E-state index in [2.05, 4.69) is 5.10 Å². The lowest BCUT2D eigenvalue weighted by molar-refractivity contribution is 0.433. The average molecular weight is 243 g/mol. The molecule has 78 valence electrons. The van der Waals surface area contributed by atoms with Crippen LogP contribution in [-0.2, 0) is 0 Å². The molecule has 0 saturated carbocycles. The van der Waals surface area contributed by atoms with Crippen molar-refractivity contribution in [3.05, 3.63) is 40.0 Å². The van der Waals surface area contributed by atoms with Gasteiger partial charge in [-0.1, -0.05) is 23.2 Å². The zero-order valence-corrected chi connectivity index (χ0v) is 9.42. The van der Waals surface area contributed by atoms with Crippen LogP contribution in [0.25, 0.3) is 5.69 Å². The van der Waals surface area contributed by atoms with Crippen molar-refractivity contribution >= 4 is 23.2 Å². The highest BCUT2D eigenvalue weighted by molar-refractivity contribution is 6.35. The Morgan fingerprint density at radius 3 is 2.53 bits per heavy atom. The summed E-state index contributed by atoms with van der Waals surface area (Å²) in [6.07, 6.45) is 0. The number of nitrogens with zero attached hydrogens (tertiary/aromatic N) is 2. The molecule has 1 aromatic heterocycles.